The van der Waals surface area contributed by atoms with Crippen LogP contribution in [0.3, 0.4) is 0 Å². The number of hydrogen-bond donors (Lipinski definition) is 0. The quantitative estimate of drug-likeness (QED) is 0.659. The van der Waals surface area contributed by atoms with Crippen molar-refractivity contribution in [2.45, 2.75) is 0 Å². The fourth-order valence-electron chi connectivity index (χ4n) is 2.05. The van der Waals surface area contributed by atoms with Crippen LogP contribution < -0.4 is 4.74 Å². The highest BCUT2D eigenvalue weighted by molar-refractivity contribution is 6.63. The third-order valence-corrected chi connectivity index (χ3v) is 3.48. The van der Waals surface area contributed by atoms with Crippen molar-refractivity contribution in [3.63, 3.8) is 0 Å². The third-order valence-electron chi connectivity index (χ3n) is 3.02. The van der Waals surface area contributed by atoms with E-state index >= 15 is 0 Å². The number of rotatable bonds is 4. The number of carbonyl (C=O) groups excluding carboxylic acids is 1. The molecule has 0 unspecified atom stereocenters. The minimum Gasteiger partial charge on any atom is -0.483 e. The summed E-state index contributed by atoms with van der Waals surface area (Å²) in [5, 5.41) is 3.91. The van der Waals surface area contributed by atoms with Crippen molar-refractivity contribution in [1.29, 1.82) is 0 Å². The van der Waals surface area contributed by atoms with Crippen LogP contribution in [-0.4, -0.2) is 17.0 Å². The van der Waals surface area contributed by atoms with Crippen molar-refractivity contribution < 1.29 is 18.4 Å². The zero-order valence-corrected chi connectivity index (χ0v) is 12.5. The molecule has 4 nitrogen and oxygen atoms in total. The Hall–Kier alpha value is -2.11. The largest absolute Gasteiger partial charge is 0.483 e. The Morgan fingerprint density at radius 1 is 1.27 bits per heavy atom. The predicted molar refractivity (Wildman–Crippen MR) is 80.8 cm³/mol. The zero-order valence-electron chi connectivity index (χ0n) is 11.0. The van der Waals surface area contributed by atoms with Crippen molar-refractivity contribution in [2.75, 3.05) is 6.61 Å². The summed E-state index contributed by atoms with van der Waals surface area (Å²) in [6.07, 6.45) is 0. The molecule has 0 fully saturated rings. The molecule has 2 aromatic carbocycles. The smallest absolute Gasteiger partial charge is 0.259 e. The second-order valence-electron chi connectivity index (χ2n) is 4.41. The first-order valence-electron chi connectivity index (χ1n) is 6.22. The molecule has 112 valence electrons. The van der Waals surface area contributed by atoms with Gasteiger partial charge in [-0.25, -0.2) is 4.39 Å². The molecule has 7 heteroatoms. The number of ether oxygens (including phenoxy) is 1. The number of benzene rings is 2. The van der Waals surface area contributed by atoms with E-state index in [-0.39, 0.29) is 23.0 Å². The summed E-state index contributed by atoms with van der Waals surface area (Å²) < 4.78 is 24.2. The molecule has 0 spiro atoms. The molecule has 0 N–H and O–H groups in total. The van der Waals surface area contributed by atoms with Crippen LogP contribution in [0.15, 0.2) is 40.9 Å². The van der Waals surface area contributed by atoms with Gasteiger partial charge in [-0.15, -0.1) is 0 Å². The van der Waals surface area contributed by atoms with Crippen LogP contribution in [0.2, 0.25) is 5.02 Å². The molecule has 3 aromatic rings. The summed E-state index contributed by atoms with van der Waals surface area (Å²) in [5.74, 6) is -0.179. The van der Waals surface area contributed by atoms with Crippen LogP contribution in [-0.2, 0) is 4.79 Å². The summed E-state index contributed by atoms with van der Waals surface area (Å²) >= 11 is 11.4. The molecule has 0 radical (unpaired) electrons. The van der Waals surface area contributed by atoms with Gasteiger partial charge in [0.05, 0.1) is 5.39 Å². The normalized spacial score (nSPS) is 10.9. The highest BCUT2D eigenvalue weighted by atomic mass is 35.5. The van der Waals surface area contributed by atoms with Crippen LogP contribution >= 0.6 is 23.2 Å². The Balaban J connectivity index is 2.08. The molecule has 3 rings (SSSR count). The lowest BCUT2D eigenvalue weighted by molar-refractivity contribution is -0.113. The van der Waals surface area contributed by atoms with Crippen LogP contribution in [0, 0.1) is 5.82 Å². The molecule has 0 atom stereocenters. The minimum atomic E-state index is -0.652. The van der Waals surface area contributed by atoms with E-state index in [1.54, 1.807) is 30.3 Å². The maximum Gasteiger partial charge on any atom is 0.259 e. The molecule has 0 aliphatic heterocycles. The first-order valence-corrected chi connectivity index (χ1v) is 6.97. The summed E-state index contributed by atoms with van der Waals surface area (Å²) in [6, 6.07) is 9.39. The fourth-order valence-corrected chi connectivity index (χ4v) is 2.36. The lowest BCUT2D eigenvalue weighted by atomic mass is 10.1. The summed E-state index contributed by atoms with van der Waals surface area (Å²) in [7, 11) is 0. The van der Waals surface area contributed by atoms with Crippen molar-refractivity contribution in [1.82, 2.24) is 5.16 Å². The van der Waals surface area contributed by atoms with E-state index in [1.807, 2.05) is 0 Å². The van der Waals surface area contributed by atoms with Crippen molar-refractivity contribution in [3.05, 3.63) is 47.2 Å². The van der Waals surface area contributed by atoms with Crippen LogP contribution in [0.1, 0.15) is 0 Å². The first kappa shape index (κ1) is 14.8. The Morgan fingerprint density at radius 3 is 2.77 bits per heavy atom. The van der Waals surface area contributed by atoms with Gasteiger partial charge in [0.2, 0.25) is 0 Å². The Kier molecular flexibility index (Phi) is 4.00. The van der Waals surface area contributed by atoms with Gasteiger partial charge >= 0.3 is 0 Å². The van der Waals surface area contributed by atoms with E-state index in [0.717, 1.165) is 0 Å². The van der Waals surface area contributed by atoms with Gasteiger partial charge in [0.25, 0.3) is 5.24 Å². The molecule has 0 aliphatic rings. The average molecular weight is 340 g/mol. The van der Waals surface area contributed by atoms with Gasteiger partial charge in [0.1, 0.15) is 22.3 Å². The van der Waals surface area contributed by atoms with Gasteiger partial charge in [0, 0.05) is 5.56 Å². The van der Waals surface area contributed by atoms with Crippen molar-refractivity contribution in [2.24, 2.45) is 0 Å². The molecule has 0 amide bonds. The number of aromatic nitrogens is 1. The Labute approximate surface area is 134 Å². The van der Waals surface area contributed by atoms with Gasteiger partial charge in [-0.1, -0.05) is 28.9 Å². The average Bonchev–Trinajstić information content (AvgIpc) is 2.91. The van der Waals surface area contributed by atoms with Crippen molar-refractivity contribution >= 4 is 39.4 Å². The first-order chi connectivity index (χ1) is 10.6. The summed E-state index contributed by atoms with van der Waals surface area (Å²) in [4.78, 5) is 10.7. The highest BCUT2D eigenvalue weighted by Gasteiger charge is 2.18. The third kappa shape index (κ3) is 2.65. The van der Waals surface area contributed by atoms with E-state index in [1.165, 1.54) is 6.07 Å². The van der Waals surface area contributed by atoms with E-state index in [0.29, 0.717) is 16.6 Å². The standard InChI is InChI=1S/C15H8Cl2FNO3/c16-12(20)7-21-11-6-5-9-14(19-22-15(9)13(11)17)8-3-1-2-4-10(8)18/h1-6H,7H2. The van der Waals surface area contributed by atoms with E-state index in [2.05, 4.69) is 5.16 Å². The van der Waals surface area contributed by atoms with E-state index < -0.39 is 11.1 Å². The van der Waals surface area contributed by atoms with Gasteiger partial charge in [-0.3, -0.25) is 4.79 Å². The lowest BCUT2D eigenvalue weighted by Gasteiger charge is -2.05. The maximum absolute atomic E-state index is 13.9. The van der Waals surface area contributed by atoms with Gasteiger partial charge < -0.3 is 9.26 Å². The SMILES string of the molecule is O=C(Cl)COc1ccc2c(-c3ccccc3F)noc2c1Cl. The molecule has 22 heavy (non-hydrogen) atoms. The van der Waals surface area contributed by atoms with Crippen LogP contribution in [0.25, 0.3) is 22.2 Å². The lowest BCUT2D eigenvalue weighted by Crippen LogP contribution is -2.04. The minimum absolute atomic E-state index is 0.144. The predicted octanol–water partition coefficient (Wildman–Crippen LogP) is 4.43. The highest BCUT2D eigenvalue weighted by Crippen LogP contribution is 2.38. The van der Waals surface area contributed by atoms with E-state index in [9.17, 15) is 9.18 Å². The molecular weight excluding hydrogens is 332 g/mol. The molecule has 1 heterocycles. The zero-order chi connectivity index (χ0) is 15.7. The van der Waals surface area contributed by atoms with Crippen molar-refractivity contribution in [3.8, 4) is 17.0 Å². The van der Waals surface area contributed by atoms with Gasteiger partial charge in [-0.05, 0) is 35.9 Å². The summed E-state index contributed by atoms with van der Waals surface area (Å²) in [6.45, 7) is -0.318. The van der Waals surface area contributed by atoms with Gasteiger partial charge in [-0.2, -0.15) is 0 Å². The van der Waals surface area contributed by atoms with Crippen LogP contribution in [0.5, 0.6) is 5.75 Å². The van der Waals surface area contributed by atoms with E-state index in [4.69, 9.17) is 32.5 Å². The molecule has 1 aromatic heterocycles. The molecule has 0 bridgehead atoms. The monoisotopic (exact) mass is 339 g/mol. The topological polar surface area (TPSA) is 52.3 Å². The molecule has 0 saturated heterocycles. The number of halogens is 3. The maximum atomic E-state index is 13.9. The number of carbonyl (C=O) groups is 1. The molecular formula is C15H8Cl2FNO3. The van der Waals surface area contributed by atoms with Gasteiger partial charge in [0.15, 0.2) is 12.2 Å². The van der Waals surface area contributed by atoms with Crippen LogP contribution in [0.4, 0.5) is 4.39 Å². The molecule has 0 aliphatic carbocycles. The second-order valence-corrected chi connectivity index (χ2v) is 5.21. The number of hydrogen-bond acceptors (Lipinski definition) is 4. The second kappa shape index (κ2) is 5.94. The molecule has 0 saturated carbocycles. The number of fused-ring (bicyclic) bond motifs is 1. The number of nitrogens with zero attached hydrogens (tertiary/aromatic N) is 1. The Morgan fingerprint density at radius 2 is 2.05 bits per heavy atom. The summed E-state index contributed by atoms with van der Waals surface area (Å²) in [5.41, 5.74) is 0.899. The fraction of sp³-hybridized carbons (Fsp3) is 0.0667. The Bertz CT molecular complexity index is 863.